The summed E-state index contributed by atoms with van der Waals surface area (Å²) in [5.41, 5.74) is 1.29. The lowest BCUT2D eigenvalue weighted by molar-refractivity contribution is 0.333. The molecule has 0 saturated heterocycles. The molecular weight excluding hydrogens is 185 g/mol. The predicted molar refractivity (Wildman–Crippen MR) is 60.6 cm³/mol. The number of hydrogen-bond acceptors (Lipinski definition) is 3. The third-order valence-corrected chi connectivity index (χ3v) is 2.35. The number of nitriles is 1. The molecule has 0 radical (unpaired) electrons. The topological polar surface area (TPSA) is 30.3 Å². The van der Waals surface area contributed by atoms with Gasteiger partial charge in [-0.25, -0.2) is 5.26 Å². The molecule has 0 spiro atoms. The van der Waals surface area contributed by atoms with Crippen molar-refractivity contribution in [2.75, 3.05) is 6.67 Å². The van der Waals surface area contributed by atoms with Crippen LogP contribution >= 0.6 is 0 Å². The lowest BCUT2D eigenvalue weighted by atomic mass is 9.97. The molecule has 3 nitrogen and oxygen atoms in total. The van der Waals surface area contributed by atoms with Crippen LogP contribution in [0.2, 0.25) is 0 Å². The molecule has 0 aromatic heterocycles. The first-order valence-electron chi connectivity index (χ1n) is 4.96. The molecule has 1 aliphatic rings. The van der Waals surface area contributed by atoms with Gasteiger partial charge in [0.2, 0.25) is 0 Å². The van der Waals surface area contributed by atoms with E-state index in [1.54, 1.807) is 0 Å². The molecule has 1 heterocycles. The van der Waals surface area contributed by atoms with E-state index in [0.717, 1.165) is 13.2 Å². The molecule has 1 aromatic carbocycles. The molecule has 0 unspecified atom stereocenters. The summed E-state index contributed by atoms with van der Waals surface area (Å²) in [7, 11) is 0.460. The minimum absolute atomic E-state index is 0.460. The predicted octanol–water partition coefficient (Wildman–Crippen LogP) is 1.07. The largest absolute Gasteiger partial charge is 0.393 e. The fraction of sp³-hybridized carbons (Fsp3) is 0.182. The molecule has 0 fully saturated rings. The molecule has 1 aliphatic heterocycles. The Morgan fingerprint density at radius 3 is 2.80 bits per heavy atom. The van der Waals surface area contributed by atoms with Crippen molar-refractivity contribution < 1.29 is 0 Å². The monoisotopic (exact) mass is 197 g/mol. The van der Waals surface area contributed by atoms with Gasteiger partial charge in [0.25, 0.3) is 0 Å². The molecule has 0 bridgehead atoms. The summed E-state index contributed by atoms with van der Waals surface area (Å²) in [5.74, 6) is 2.14. The average molecular weight is 197 g/mol. The first-order chi connectivity index (χ1) is 7.38. The van der Waals surface area contributed by atoms with E-state index in [0.29, 0.717) is 7.41 Å². The van der Waals surface area contributed by atoms with E-state index >= 15 is 0 Å². The molecule has 0 amide bonds. The third-order valence-electron chi connectivity index (χ3n) is 2.35. The highest BCUT2D eigenvalue weighted by atomic mass is 15.3. The number of nitrogens with zero attached hydrogens (tertiary/aromatic N) is 3. The number of hydrogen-bond donors (Lipinski definition) is 0. The van der Waals surface area contributed by atoms with Gasteiger partial charge in [0.05, 0.1) is 6.67 Å². The van der Waals surface area contributed by atoms with Gasteiger partial charge in [0.1, 0.15) is 0 Å². The van der Waals surface area contributed by atoms with Crippen LogP contribution in [0.5, 0.6) is 0 Å². The van der Waals surface area contributed by atoms with Crippen molar-refractivity contribution in [1.29, 1.82) is 5.26 Å². The highest BCUT2D eigenvalue weighted by molar-refractivity contribution is 6.42. The van der Waals surface area contributed by atoms with Crippen molar-refractivity contribution in [2.24, 2.45) is 0 Å². The Morgan fingerprint density at radius 1 is 1.27 bits per heavy atom. The van der Waals surface area contributed by atoms with Crippen LogP contribution in [0.25, 0.3) is 0 Å². The Labute approximate surface area is 90.5 Å². The molecule has 0 N–H and O–H groups in total. The molecule has 0 saturated carbocycles. The fourth-order valence-corrected chi connectivity index (χ4v) is 1.63. The molecular formula is C11H12BN3. The Morgan fingerprint density at radius 2 is 2.07 bits per heavy atom. The Bertz CT molecular complexity index is 383. The van der Waals surface area contributed by atoms with Crippen molar-refractivity contribution in [1.82, 2.24) is 9.71 Å². The molecule has 4 heteroatoms. The summed E-state index contributed by atoms with van der Waals surface area (Å²) >= 11 is 0. The zero-order valence-electron chi connectivity index (χ0n) is 8.50. The number of rotatable bonds is 3. The van der Waals surface area contributed by atoms with E-state index in [-0.39, 0.29) is 0 Å². The molecule has 0 atom stereocenters. The van der Waals surface area contributed by atoms with Crippen LogP contribution in [0.15, 0.2) is 42.7 Å². The molecule has 0 aliphatic carbocycles. The molecule has 2 rings (SSSR count). The highest BCUT2D eigenvalue weighted by Gasteiger charge is 2.12. The van der Waals surface area contributed by atoms with Gasteiger partial charge in [-0.3, -0.25) is 0 Å². The summed E-state index contributed by atoms with van der Waals surface area (Å²) in [6.45, 7) is 1.71. The molecule has 74 valence electrons. The Kier molecular flexibility index (Phi) is 2.94. The van der Waals surface area contributed by atoms with Crippen LogP contribution in [0.1, 0.15) is 5.56 Å². The van der Waals surface area contributed by atoms with Gasteiger partial charge in [-0.2, -0.15) is 0 Å². The molecule has 1 aromatic rings. The quantitative estimate of drug-likeness (QED) is 0.679. The highest BCUT2D eigenvalue weighted by Crippen LogP contribution is 2.10. The summed E-state index contributed by atoms with van der Waals surface area (Å²) in [5, 5.41) is 8.56. The Hall–Kier alpha value is -1.89. The second-order valence-electron chi connectivity index (χ2n) is 3.58. The van der Waals surface area contributed by atoms with Gasteiger partial charge < -0.3 is 9.71 Å². The van der Waals surface area contributed by atoms with Crippen molar-refractivity contribution in [2.45, 2.75) is 6.54 Å². The first kappa shape index (κ1) is 9.66. The average Bonchev–Trinajstić information content (AvgIpc) is 2.68. The maximum atomic E-state index is 8.56. The van der Waals surface area contributed by atoms with Crippen LogP contribution in [0.4, 0.5) is 0 Å². The molecule has 15 heavy (non-hydrogen) atoms. The zero-order valence-corrected chi connectivity index (χ0v) is 8.50. The summed E-state index contributed by atoms with van der Waals surface area (Å²) < 4.78 is 0. The zero-order chi connectivity index (χ0) is 10.5. The number of benzene rings is 1. The summed E-state index contributed by atoms with van der Waals surface area (Å²) in [6, 6.07) is 10.3. The van der Waals surface area contributed by atoms with E-state index in [2.05, 4.69) is 23.0 Å². The summed E-state index contributed by atoms with van der Waals surface area (Å²) in [6.07, 6.45) is 4.00. The minimum atomic E-state index is 0.460. The smallest absolute Gasteiger partial charge is 0.361 e. The van der Waals surface area contributed by atoms with Gasteiger partial charge >= 0.3 is 7.41 Å². The standard InChI is InChI=1S/C11H12BN3/c13-9-12-15-7-6-14(10-15)8-11-4-2-1-3-5-11/h1-7,12H,8,10H2. The first-order valence-corrected chi connectivity index (χ1v) is 4.96. The third kappa shape index (κ3) is 2.53. The second kappa shape index (κ2) is 4.56. The van der Waals surface area contributed by atoms with Crippen LogP contribution < -0.4 is 0 Å². The van der Waals surface area contributed by atoms with E-state index in [1.807, 2.05) is 35.4 Å². The van der Waals surface area contributed by atoms with Gasteiger partial charge in [-0.05, 0) is 5.56 Å². The van der Waals surface area contributed by atoms with Crippen molar-refractivity contribution >= 4 is 7.41 Å². The Balaban J connectivity index is 1.89. The maximum absolute atomic E-state index is 8.56. The SMILES string of the molecule is N#CBN1C=CN(Cc2ccccc2)C1. The van der Waals surface area contributed by atoms with Crippen LogP contribution in [-0.2, 0) is 6.54 Å². The minimum Gasteiger partial charge on any atom is -0.393 e. The van der Waals surface area contributed by atoms with Gasteiger partial charge in [-0.1, -0.05) is 30.3 Å². The van der Waals surface area contributed by atoms with Gasteiger partial charge in [0, 0.05) is 24.9 Å². The van der Waals surface area contributed by atoms with Crippen LogP contribution in [0, 0.1) is 11.2 Å². The lowest BCUT2D eigenvalue weighted by Crippen LogP contribution is -2.27. The van der Waals surface area contributed by atoms with Gasteiger partial charge in [-0.15, -0.1) is 0 Å². The van der Waals surface area contributed by atoms with Crippen molar-refractivity contribution in [3.05, 3.63) is 48.3 Å². The van der Waals surface area contributed by atoms with E-state index in [1.165, 1.54) is 5.56 Å². The van der Waals surface area contributed by atoms with Gasteiger partial charge in [0.15, 0.2) is 0 Å². The van der Waals surface area contributed by atoms with E-state index < -0.39 is 0 Å². The van der Waals surface area contributed by atoms with E-state index in [4.69, 9.17) is 5.26 Å². The van der Waals surface area contributed by atoms with E-state index in [9.17, 15) is 0 Å². The van der Waals surface area contributed by atoms with Crippen LogP contribution in [-0.4, -0.2) is 23.8 Å². The van der Waals surface area contributed by atoms with Crippen LogP contribution in [0.3, 0.4) is 0 Å². The maximum Gasteiger partial charge on any atom is 0.361 e. The lowest BCUT2D eigenvalue weighted by Gasteiger charge is -2.19. The van der Waals surface area contributed by atoms with Crippen molar-refractivity contribution in [3.8, 4) is 5.97 Å². The van der Waals surface area contributed by atoms with Crippen molar-refractivity contribution in [3.63, 3.8) is 0 Å². The second-order valence-corrected chi connectivity index (χ2v) is 3.58. The fourth-order valence-electron chi connectivity index (χ4n) is 1.63. The summed E-state index contributed by atoms with van der Waals surface area (Å²) in [4.78, 5) is 4.18. The normalized spacial score (nSPS) is 14.1.